The molecule has 0 aliphatic carbocycles. The van der Waals surface area contributed by atoms with Crippen LogP contribution in [0, 0.1) is 5.92 Å². The van der Waals surface area contributed by atoms with Gasteiger partial charge in [0.2, 0.25) is 0 Å². The third kappa shape index (κ3) is 3.93. The van der Waals surface area contributed by atoms with E-state index in [0.29, 0.717) is 18.7 Å². The molecule has 0 spiro atoms. The zero-order valence-corrected chi connectivity index (χ0v) is 13.3. The fourth-order valence-corrected chi connectivity index (χ4v) is 3.23. The van der Waals surface area contributed by atoms with Crippen LogP contribution in [0.5, 0.6) is 0 Å². The quantitative estimate of drug-likeness (QED) is 0.750. The highest BCUT2D eigenvalue weighted by Crippen LogP contribution is 2.28. The number of nitrogens with one attached hydrogen (secondary N) is 1. The molecule has 1 N–H and O–H groups in total. The van der Waals surface area contributed by atoms with E-state index in [2.05, 4.69) is 31.0 Å². The molecular formula is C15H30N2O2. The molecule has 1 heterocycles. The molecule has 1 rings (SSSR count). The normalized spacial score (nSPS) is 28.9. The van der Waals surface area contributed by atoms with Gasteiger partial charge in [-0.15, -0.1) is 0 Å². The molecule has 0 amide bonds. The van der Waals surface area contributed by atoms with Crippen LogP contribution in [0.3, 0.4) is 0 Å². The van der Waals surface area contributed by atoms with Crippen molar-refractivity contribution in [2.75, 3.05) is 20.2 Å². The summed E-state index contributed by atoms with van der Waals surface area (Å²) in [6, 6.07) is 0.982. The zero-order valence-electron chi connectivity index (χ0n) is 13.3. The molecule has 0 aromatic rings. The Morgan fingerprint density at radius 2 is 2.16 bits per heavy atom. The highest BCUT2D eigenvalue weighted by Gasteiger charge is 2.38. The maximum absolute atomic E-state index is 12.1. The van der Waals surface area contributed by atoms with Crippen LogP contribution in [0.1, 0.15) is 47.5 Å². The van der Waals surface area contributed by atoms with Gasteiger partial charge in [-0.3, -0.25) is 9.69 Å². The molecule has 0 aromatic carbocycles. The molecule has 1 saturated heterocycles. The molecule has 0 radical (unpaired) electrons. The standard InChI is InChI=1S/C15H30N2O2/c1-7-19-14(18)15(5,16-6)9-13(4)17-10-11(2)8-12(17)3/h11-13,16H,7-10H2,1-6H3. The van der Waals surface area contributed by atoms with Gasteiger partial charge in [-0.1, -0.05) is 6.92 Å². The van der Waals surface area contributed by atoms with Crippen LogP contribution in [0.25, 0.3) is 0 Å². The van der Waals surface area contributed by atoms with Gasteiger partial charge in [0.25, 0.3) is 0 Å². The minimum Gasteiger partial charge on any atom is -0.465 e. The number of hydrogen-bond donors (Lipinski definition) is 1. The smallest absolute Gasteiger partial charge is 0.326 e. The monoisotopic (exact) mass is 270 g/mol. The number of rotatable bonds is 6. The summed E-state index contributed by atoms with van der Waals surface area (Å²) in [4.78, 5) is 14.6. The number of likely N-dealkylation sites (tertiary alicyclic amines) is 1. The minimum atomic E-state index is -0.596. The molecule has 4 nitrogen and oxygen atoms in total. The summed E-state index contributed by atoms with van der Waals surface area (Å²) in [7, 11) is 1.83. The molecule has 0 aromatic heterocycles. The van der Waals surface area contributed by atoms with Crippen molar-refractivity contribution < 1.29 is 9.53 Å². The Balaban J connectivity index is 2.67. The van der Waals surface area contributed by atoms with Crippen LogP contribution in [0.2, 0.25) is 0 Å². The number of carbonyl (C=O) groups excluding carboxylic acids is 1. The van der Waals surface area contributed by atoms with Crippen molar-refractivity contribution in [2.45, 2.75) is 65.1 Å². The van der Waals surface area contributed by atoms with Gasteiger partial charge < -0.3 is 10.1 Å². The number of ether oxygens (including phenoxy) is 1. The summed E-state index contributed by atoms with van der Waals surface area (Å²) in [6.07, 6.45) is 2.03. The van der Waals surface area contributed by atoms with E-state index in [9.17, 15) is 4.79 Å². The second-order valence-electron chi connectivity index (χ2n) is 6.24. The SMILES string of the molecule is CCOC(=O)C(C)(CC(C)N1CC(C)CC1C)NC. The van der Waals surface area contributed by atoms with Crippen molar-refractivity contribution >= 4 is 5.97 Å². The van der Waals surface area contributed by atoms with Gasteiger partial charge in [0, 0.05) is 18.6 Å². The van der Waals surface area contributed by atoms with Crippen molar-refractivity contribution in [3.05, 3.63) is 0 Å². The summed E-state index contributed by atoms with van der Waals surface area (Å²) >= 11 is 0. The number of nitrogens with zero attached hydrogens (tertiary/aromatic N) is 1. The predicted octanol–water partition coefficient (Wildman–Crippen LogP) is 2.04. The topological polar surface area (TPSA) is 41.6 Å². The first-order valence-electron chi connectivity index (χ1n) is 7.46. The van der Waals surface area contributed by atoms with Crippen LogP contribution in [0.15, 0.2) is 0 Å². The van der Waals surface area contributed by atoms with Gasteiger partial charge in [0.05, 0.1) is 6.61 Å². The molecule has 4 heteroatoms. The molecule has 1 aliphatic rings. The summed E-state index contributed by atoms with van der Waals surface area (Å²) in [6.45, 7) is 12.1. The maximum Gasteiger partial charge on any atom is 0.326 e. The van der Waals surface area contributed by atoms with Gasteiger partial charge >= 0.3 is 5.97 Å². The van der Waals surface area contributed by atoms with Crippen LogP contribution in [-0.2, 0) is 9.53 Å². The van der Waals surface area contributed by atoms with Gasteiger partial charge in [-0.05, 0) is 53.5 Å². The largest absolute Gasteiger partial charge is 0.465 e. The second-order valence-corrected chi connectivity index (χ2v) is 6.24. The van der Waals surface area contributed by atoms with Crippen LogP contribution >= 0.6 is 0 Å². The molecule has 112 valence electrons. The van der Waals surface area contributed by atoms with Gasteiger partial charge in [-0.2, -0.15) is 0 Å². The highest BCUT2D eigenvalue weighted by molar-refractivity contribution is 5.80. The Bertz CT molecular complexity index is 309. The first kappa shape index (κ1) is 16.4. The molecular weight excluding hydrogens is 240 g/mol. The van der Waals surface area contributed by atoms with Crippen molar-refractivity contribution in [1.82, 2.24) is 10.2 Å². The molecule has 19 heavy (non-hydrogen) atoms. The van der Waals surface area contributed by atoms with Crippen molar-refractivity contribution in [3.8, 4) is 0 Å². The summed E-state index contributed by atoms with van der Waals surface area (Å²) in [5.41, 5.74) is -0.596. The van der Waals surface area contributed by atoms with Crippen LogP contribution in [0.4, 0.5) is 0 Å². The Hall–Kier alpha value is -0.610. The second kappa shape index (κ2) is 6.71. The number of hydrogen-bond acceptors (Lipinski definition) is 4. The van der Waals surface area contributed by atoms with Crippen molar-refractivity contribution in [2.24, 2.45) is 5.92 Å². The lowest BCUT2D eigenvalue weighted by molar-refractivity contribution is -0.151. The molecule has 0 bridgehead atoms. The molecule has 4 unspecified atom stereocenters. The molecule has 1 fully saturated rings. The molecule has 1 aliphatic heterocycles. The average Bonchev–Trinajstić information content (AvgIpc) is 2.68. The lowest BCUT2D eigenvalue weighted by Gasteiger charge is -2.35. The van der Waals surface area contributed by atoms with Gasteiger partial charge in [0.15, 0.2) is 0 Å². The Kier molecular flexibility index (Phi) is 5.81. The fraction of sp³-hybridized carbons (Fsp3) is 0.933. The highest BCUT2D eigenvalue weighted by atomic mass is 16.5. The maximum atomic E-state index is 12.1. The number of likely N-dealkylation sites (N-methyl/N-ethyl adjacent to an activating group) is 1. The summed E-state index contributed by atoms with van der Waals surface area (Å²) in [5, 5.41) is 3.14. The predicted molar refractivity (Wildman–Crippen MR) is 78.1 cm³/mol. The van der Waals surface area contributed by atoms with E-state index in [1.165, 1.54) is 6.42 Å². The fourth-order valence-electron chi connectivity index (χ4n) is 3.23. The Labute approximate surface area is 117 Å². The Morgan fingerprint density at radius 1 is 1.53 bits per heavy atom. The van der Waals surface area contributed by atoms with Crippen LogP contribution < -0.4 is 5.32 Å². The summed E-state index contributed by atoms with van der Waals surface area (Å²) < 4.78 is 5.19. The third-order valence-electron chi connectivity index (χ3n) is 4.38. The molecule has 0 saturated carbocycles. The van der Waals surface area contributed by atoms with E-state index < -0.39 is 5.54 Å². The zero-order chi connectivity index (χ0) is 14.6. The first-order valence-corrected chi connectivity index (χ1v) is 7.46. The molecule has 4 atom stereocenters. The minimum absolute atomic E-state index is 0.149. The van der Waals surface area contributed by atoms with E-state index in [4.69, 9.17) is 4.74 Å². The van der Waals surface area contributed by atoms with Crippen LogP contribution in [-0.4, -0.2) is 48.7 Å². The van der Waals surface area contributed by atoms with Crippen molar-refractivity contribution in [1.29, 1.82) is 0 Å². The number of esters is 1. The van der Waals surface area contributed by atoms with E-state index in [0.717, 1.165) is 18.9 Å². The van der Waals surface area contributed by atoms with E-state index in [1.54, 1.807) is 0 Å². The van der Waals surface area contributed by atoms with E-state index in [-0.39, 0.29) is 5.97 Å². The average molecular weight is 270 g/mol. The van der Waals surface area contributed by atoms with Crippen molar-refractivity contribution in [3.63, 3.8) is 0 Å². The van der Waals surface area contributed by atoms with Gasteiger partial charge in [-0.25, -0.2) is 0 Å². The van der Waals surface area contributed by atoms with E-state index in [1.807, 2.05) is 20.9 Å². The lowest BCUT2D eigenvalue weighted by Crippen LogP contribution is -2.53. The number of carbonyl (C=O) groups is 1. The summed E-state index contributed by atoms with van der Waals surface area (Å²) in [5.74, 6) is 0.602. The van der Waals surface area contributed by atoms with Gasteiger partial charge in [0.1, 0.15) is 5.54 Å². The van der Waals surface area contributed by atoms with E-state index >= 15 is 0 Å². The Morgan fingerprint density at radius 3 is 2.58 bits per heavy atom. The lowest BCUT2D eigenvalue weighted by atomic mass is 9.93. The first-order chi connectivity index (χ1) is 8.84. The third-order valence-corrected chi connectivity index (χ3v) is 4.38.